The van der Waals surface area contributed by atoms with E-state index in [1.54, 1.807) is 6.92 Å². The smallest absolute Gasteiger partial charge is 0.343 e. The van der Waals surface area contributed by atoms with Crippen LogP contribution in [-0.2, 0) is 11.3 Å². The Labute approximate surface area is 143 Å². The molecule has 0 aliphatic heterocycles. The molecule has 0 bridgehead atoms. The van der Waals surface area contributed by atoms with Gasteiger partial charge in [0.2, 0.25) is 5.43 Å². The van der Waals surface area contributed by atoms with E-state index in [0.717, 1.165) is 11.6 Å². The molecule has 0 unspecified atom stereocenters. The standard InChI is InChI=1S/C19H16FNO4/c1-2-24-19(23)15-10-21-17-14(18(15)22)8-13(20)9-16(17)25-11-12-6-4-3-5-7-12/h3-10H,2,11H2,1H3,(H,21,22). The Hall–Kier alpha value is -3.15. The molecule has 25 heavy (non-hydrogen) atoms. The highest BCUT2D eigenvalue weighted by Gasteiger charge is 2.17. The number of halogens is 1. The molecular weight excluding hydrogens is 325 g/mol. The average Bonchev–Trinajstić information content (AvgIpc) is 2.61. The van der Waals surface area contributed by atoms with Gasteiger partial charge in [-0.25, -0.2) is 9.18 Å². The summed E-state index contributed by atoms with van der Waals surface area (Å²) in [5.41, 5.74) is 0.464. The molecule has 0 spiro atoms. The lowest BCUT2D eigenvalue weighted by Gasteiger charge is -2.10. The summed E-state index contributed by atoms with van der Waals surface area (Å²) < 4.78 is 24.4. The highest BCUT2D eigenvalue weighted by molar-refractivity contribution is 5.94. The maximum atomic E-state index is 13.9. The number of rotatable bonds is 5. The van der Waals surface area contributed by atoms with Crippen molar-refractivity contribution in [2.24, 2.45) is 0 Å². The molecule has 0 atom stereocenters. The van der Waals surface area contributed by atoms with E-state index in [9.17, 15) is 14.0 Å². The van der Waals surface area contributed by atoms with Gasteiger partial charge >= 0.3 is 5.97 Å². The van der Waals surface area contributed by atoms with Crippen molar-refractivity contribution in [3.63, 3.8) is 0 Å². The number of benzene rings is 2. The summed E-state index contributed by atoms with van der Waals surface area (Å²) in [6, 6.07) is 11.7. The molecule has 1 heterocycles. The summed E-state index contributed by atoms with van der Waals surface area (Å²) in [5.74, 6) is -1.17. The number of ether oxygens (including phenoxy) is 2. The van der Waals surface area contributed by atoms with Crippen LogP contribution in [0.15, 0.2) is 53.5 Å². The predicted octanol–water partition coefficient (Wildman–Crippen LogP) is 3.42. The van der Waals surface area contributed by atoms with Crippen molar-refractivity contribution in [3.8, 4) is 5.75 Å². The second-order valence-electron chi connectivity index (χ2n) is 5.35. The van der Waals surface area contributed by atoms with Crippen LogP contribution in [0.5, 0.6) is 5.75 Å². The van der Waals surface area contributed by atoms with Crippen molar-refractivity contribution in [3.05, 3.63) is 75.8 Å². The van der Waals surface area contributed by atoms with Gasteiger partial charge in [-0.1, -0.05) is 30.3 Å². The molecule has 3 aromatic rings. The first kappa shape index (κ1) is 16.7. The zero-order valence-corrected chi connectivity index (χ0v) is 13.5. The minimum absolute atomic E-state index is 0.0358. The van der Waals surface area contributed by atoms with Gasteiger partial charge < -0.3 is 14.5 Å². The van der Waals surface area contributed by atoms with Gasteiger partial charge in [-0.2, -0.15) is 0 Å². The average molecular weight is 341 g/mol. The maximum Gasteiger partial charge on any atom is 0.343 e. The fourth-order valence-corrected chi connectivity index (χ4v) is 2.47. The first-order valence-electron chi connectivity index (χ1n) is 7.79. The number of aromatic nitrogens is 1. The van der Waals surface area contributed by atoms with Gasteiger partial charge in [0.15, 0.2) is 0 Å². The summed E-state index contributed by atoms with van der Waals surface area (Å²) in [6.45, 7) is 2.01. The van der Waals surface area contributed by atoms with Gasteiger partial charge in [0.05, 0.1) is 17.5 Å². The van der Waals surface area contributed by atoms with Crippen LogP contribution in [0, 0.1) is 5.82 Å². The molecule has 0 saturated carbocycles. The highest BCUT2D eigenvalue weighted by Crippen LogP contribution is 2.24. The van der Waals surface area contributed by atoms with Crippen LogP contribution < -0.4 is 10.2 Å². The molecule has 0 radical (unpaired) electrons. The Balaban J connectivity index is 2.01. The third kappa shape index (κ3) is 3.52. The Bertz CT molecular complexity index is 966. The molecule has 1 aromatic heterocycles. The zero-order valence-electron chi connectivity index (χ0n) is 13.5. The first-order valence-corrected chi connectivity index (χ1v) is 7.79. The molecule has 0 saturated heterocycles. The van der Waals surface area contributed by atoms with Gasteiger partial charge in [0.25, 0.3) is 0 Å². The second-order valence-corrected chi connectivity index (χ2v) is 5.35. The van der Waals surface area contributed by atoms with Crippen LogP contribution in [0.4, 0.5) is 4.39 Å². The van der Waals surface area contributed by atoms with E-state index in [0.29, 0.717) is 5.52 Å². The minimum atomic E-state index is -0.748. The molecule has 128 valence electrons. The summed E-state index contributed by atoms with van der Waals surface area (Å²) >= 11 is 0. The Morgan fingerprint density at radius 2 is 1.96 bits per heavy atom. The Morgan fingerprint density at radius 3 is 2.68 bits per heavy atom. The van der Waals surface area contributed by atoms with Crippen LogP contribution in [0.2, 0.25) is 0 Å². The number of fused-ring (bicyclic) bond motifs is 1. The predicted molar refractivity (Wildman–Crippen MR) is 91.3 cm³/mol. The van der Waals surface area contributed by atoms with Crippen molar-refractivity contribution in [2.45, 2.75) is 13.5 Å². The quantitative estimate of drug-likeness (QED) is 0.722. The van der Waals surface area contributed by atoms with Gasteiger partial charge in [-0.05, 0) is 18.6 Å². The van der Waals surface area contributed by atoms with E-state index in [2.05, 4.69) is 4.98 Å². The van der Waals surface area contributed by atoms with Crippen molar-refractivity contribution in [2.75, 3.05) is 6.61 Å². The van der Waals surface area contributed by atoms with Crippen LogP contribution in [-0.4, -0.2) is 17.6 Å². The lowest BCUT2D eigenvalue weighted by Crippen LogP contribution is -2.18. The third-order valence-corrected chi connectivity index (χ3v) is 3.65. The van der Waals surface area contributed by atoms with Crippen molar-refractivity contribution < 1.29 is 18.7 Å². The van der Waals surface area contributed by atoms with E-state index >= 15 is 0 Å². The van der Waals surface area contributed by atoms with E-state index in [-0.39, 0.29) is 29.9 Å². The van der Waals surface area contributed by atoms with Crippen LogP contribution in [0.25, 0.3) is 10.9 Å². The SMILES string of the molecule is CCOC(=O)c1c[nH]c2c(OCc3ccccc3)cc(F)cc2c1=O. The molecule has 2 aromatic carbocycles. The first-order chi connectivity index (χ1) is 12.1. The Kier molecular flexibility index (Phi) is 4.79. The fourth-order valence-electron chi connectivity index (χ4n) is 2.47. The zero-order chi connectivity index (χ0) is 17.8. The van der Waals surface area contributed by atoms with Crippen LogP contribution >= 0.6 is 0 Å². The normalized spacial score (nSPS) is 10.6. The minimum Gasteiger partial charge on any atom is -0.487 e. The monoisotopic (exact) mass is 341 g/mol. The maximum absolute atomic E-state index is 13.9. The molecule has 1 N–H and O–H groups in total. The number of hydrogen-bond acceptors (Lipinski definition) is 4. The van der Waals surface area contributed by atoms with E-state index in [1.165, 1.54) is 12.3 Å². The van der Waals surface area contributed by atoms with Gasteiger partial charge in [0.1, 0.15) is 23.7 Å². The molecule has 3 rings (SSSR count). The summed E-state index contributed by atoms with van der Waals surface area (Å²) in [5, 5.41) is 0.0358. The van der Waals surface area contributed by atoms with E-state index in [4.69, 9.17) is 9.47 Å². The highest BCUT2D eigenvalue weighted by atomic mass is 19.1. The third-order valence-electron chi connectivity index (χ3n) is 3.65. The van der Waals surface area contributed by atoms with Gasteiger partial charge in [-0.3, -0.25) is 4.79 Å². The van der Waals surface area contributed by atoms with Gasteiger partial charge in [-0.15, -0.1) is 0 Å². The molecule has 0 aliphatic rings. The lowest BCUT2D eigenvalue weighted by atomic mass is 10.1. The summed E-state index contributed by atoms with van der Waals surface area (Å²) in [4.78, 5) is 27.1. The topological polar surface area (TPSA) is 68.4 Å². The van der Waals surface area contributed by atoms with Crippen LogP contribution in [0.3, 0.4) is 0 Å². The number of carbonyl (C=O) groups excluding carboxylic acids is 1. The number of esters is 1. The molecule has 0 amide bonds. The number of carbonyl (C=O) groups is 1. The van der Waals surface area contributed by atoms with Crippen LogP contribution in [0.1, 0.15) is 22.8 Å². The van der Waals surface area contributed by atoms with Gasteiger partial charge in [0, 0.05) is 12.3 Å². The summed E-state index contributed by atoms with van der Waals surface area (Å²) in [7, 11) is 0. The number of aromatic amines is 1. The molecule has 5 nitrogen and oxygen atoms in total. The molecular formula is C19H16FNO4. The molecule has 0 aliphatic carbocycles. The number of nitrogens with one attached hydrogen (secondary N) is 1. The number of hydrogen-bond donors (Lipinski definition) is 1. The van der Waals surface area contributed by atoms with E-state index < -0.39 is 17.2 Å². The lowest BCUT2D eigenvalue weighted by molar-refractivity contribution is 0.0524. The summed E-state index contributed by atoms with van der Waals surface area (Å²) in [6.07, 6.45) is 1.26. The fraction of sp³-hybridized carbons (Fsp3) is 0.158. The Morgan fingerprint density at radius 1 is 1.20 bits per heavy atom. The largest absolute Gasteiger partial charge is 0.487 e. The molecule has 6 heteroatoms. The molecule has 0 fully saturated rings. The number of H-pyrrole nitrogens is 1. The number of pyridine rings is 1. The van der Waals surface area contributed by atoms with Crippen molar-refractivity contribution in [1.29, 1.82) is 0 Å². The second kappa shape index (κ2) is 7.17. The van der Waals surface area contributed by atoms with Crippen molar-refractivity contribution >= 4 is 16.9 Å². The van der Waals surface area contributed by atoms with Crippen molar-refractivity contribution in [1.82, 2.24) is 4.98 Å². The van der Waals surface area contributed by atoms with E-state index in [1.807, 2.05) is 30.3 Å².